The first-order valence-corrected chi connectivity index (χ1v) is 12.2. The third-order valence-corrected chi connectivity index (χ3v) is 6.58. The zero-order chi connectivity index (χ0) is 25.1. The number of aromatic amines is 1. The standard InChI is InChI=1S/C28H29FN6O/c1-18-13-19(2)17-35(16-18)26-12-9-21(23-5-3-4-6-24(23)28-31-33-34-32-28)15-25(26)30-27(36)14-20-7-10-22(29)11-8-20/h3-12,15,18-19H,13-14,16-17H2,1-2H3,(H,30,36)(H,31,32,33,34)/t18-,19+. The monoisotopic (exact) mass is 484 g/mol. The number of anilines is 2. The van der Waals surface area contributed by atoms with E-state index in [1.54, 1.807) is 12.1 Å². The Morgan fingerprint density at radius 3 is 2.44 bits per heavy atom. The molecule has 0 aliphatic carbocycles. The first-order valence-electron chi connectivity index (χ1n) is 12.2. The minimum atomic E-state index is -0.317. The Morgan fingerprint density at radius 1 is 1.03 bits per heavy atom. The summed E-state index contributed by atoms with van der Waals surface area (Å²) in [5.41, 5.74) is 5.25. The molecule has 7 nitrogen and oxygen atoms in total. The lowest BCUT2D eigenvalue weighted by atomic mass is 9.91. The molecular weight excluding hydrogens is 455 g/mol. The van der Waals surface area contributed by atoms with Gasteiger partial charge in [0.2, 0.25) is 11.7 Å². The van der Waals surface area contributed by atoms with Crippen molar-refractivity contribution in [2.75, 3.05) is 23.3 Å². The SMILES string of the molecule is C[C@@H]1C[C@H](C)CN(c2ccc(-c3ccccc3-c3nn[nH]n3)cc2NC(=O)Cc2ccc(F)cc2)C1. The van der Waals surface area contributed by atoms with E-state index in [4.69, 9.17) is 0 Å². The summed E-state index contributed by atoms with van der Waals surface area (Å²) >= 11 is 0. The van der Waals surface area contributed by atoms with E-state index >= 15 is 0 Å². The molecule has 1 aliphatic heterocycles. The Labute approximate surface area is 209 Å². The number of carbonyl (C=O) groups is 1. The maximum absolute atomic E-state index is 13.3. The molecule has 0 saturated carbocycles. The minimum Gasteiger partial charge on any atom is -0.369 e. The summed E-state index contributed by atoms with van der Waals surface area (Å²) < 4.78 is 13.3. The number of carbonyl (C=O) groups excluding carboxylic acids is 1. The predicted octanol–water partition coefficient (Wildman–Crippen LogP) is 5.34. The number of aromatic nitrogens is 4. The van der Waals surface area contributed by atoms with Crippen LogP contribution in [0, 0.1) is 17.7 Å². The average Bonchev–Trinajstić information content (AvgIpc) is 3.40. The van der Waals surface area contributed by atoms with Crippen molar-refractivity contribution in [1.29, 1.82) is 0 Å². The quantitative estimate of drug-likeness (QED) is 0.386. The molecule has 184 valence electrons. The maximum atomic E-state index is 13.3. The van der Waals surface area contributed by atoms with E-state index in [-0.39, 0.29) is 18.1 Å². The van der Waals surface area contributed by atoms with Gasteiger partial charge in [0, 0.05) is 18.7 Å². The van der Waals surface area contributed by atoms with Gasteiger partial charge in [-0.2, -0.15) is 5.21 Å². The minimum absolute atomic E-state index is 0.149. The molecule has 36 heavy (non-hydrogen) atoms. The van der Waals surface area contributed by atoms with Crippen LogP contribution in [-0.4, -0.2) is 39.6 Å². The van der Waals surface area contributed by atoms with Crippen molar-refractivity contribution in [2.45, 2.75) is 26.7 Å². The molecular formula is C28H29FN6O. The molecule has 8 heteroatoms. The van der Waals surface area contributed by atoms with Crippen molar-refractivity contribution in [3.8, 4) is 22.5 Å². The van der Waals surface area contributed by atoms with Crippen LogP contribution in [0.25, 0.3) is 22.5 Å². The normalized spacial score (nSPS) is 17.7. The van der Waals surface area contributed by atoms with Crippen molar-refractivity contribution >= 4 is 17.3 Å². The van der Waals surface area contributed by atoms with Crippen molar-refractivity contribution in [2.24, 2.45) is 11.8 Å². The van der Waals surface area contributed by atoms with Crippen molar-refractivity contribution in [3.63, 3.8) is 0 Å². The van der Waals surface area contributed by atoms with E-state index in [0.717, 1.165) is 46.7 Å². The molecule has 1 saturated heterocycles. The van der Waals surface area contributed by atoms with E-state index in [1.165, 1.54) is 18.6 Å². The zero-order valence-electron chi connectivity index (χ0n) is 20.4. The number of piperidine rings is 1. The van der Waals surface area contributed by atoms with Crippen LogP contribution < -0.4 is 10.2 Å². The van der Waals surface area contributed by atoms with Gasteiger partial charge in [-0.3, -0.25) is 4.79 Å². The van der Waals surface area contributed by atoms with Crippen LogP contribution in [0.4, 0.5) is 15.8 Å². The lowest BCUT2D eigenvalue weighted by molar-refractivity contribution is -0.115. The van der Waals surface area contributed by atoms with Crippen molar-refractivity contribution in [3.05, 3.63) is 78.1 Å². The van der Waals surface area contributed by atoms with Gasteiger partial charge < -0.3 is 10.2 Å². The number of halogens is 1. The Balaban J connectivity index is 1.51. The van der Waals surface area contributed by atoms with E-state index in [0.29, 0.717) is 17.7 Å². The van der Waals surface area contributed by atoms with Gasteiger partial charge in [0.1, 0.15) is 5.82 Å². The summed E-state index contributed by atoms with van der Waals surface area (Å²) in [5, 5.41) is 17.7. The van der Waals surface area contributed by atoms with E-state index < -0.39 is 0 Å². The molecule has 1 fully saturated rings. The fourth-order valence-corrected chi connectivity index (χ4v) is 5.13. The summed E-state index contributed by atoms with van der Waals surface area (Å²) in [6, 6.07) is 20.1. The Morgan fingerprint density at radius 2 is 1.75 bits per heavy atom. The fraction of sp³-hybridized carbons (Fsp3) is 0.286. The highest BCUT2D eigenvalue weighted by Gasteiger charge is 2.25. The largest absolute Gasteiger partial charge is 0.369 e. The predicted molar refractivity (Wildman–Crippen MR) is 139 cm³/mol. The summed E-state index contributed by atoms with van der Waals surface area (Å²) in [6.07, 6.45) is 1.36. The first kappa shape index (κ1) is 23.7. The molecule has 3 aromatic carbocycles. The Hall–Kier alpha value is -4.07. The van der Waals surface area contributed by atoms with Crippen molar-refractivity contribution in [1.82, 2.24) is 20.6 Å². The molecule has 2 heterocycles. The number of nitrogens with zero attached hydrogens (tertiary/aromatic N) is 4. The highest BCUT2D eigenvalue weighted by atomic mass is 19.1. The number of nitrogens with one attached hydrogen (secondary N) is 2. The summed E-state index contributed by atoms with van der Waals surface area (Å²) in [4.78, 5) is 15.4. The van der Waals surface area contributed by atoms with Crippen LogP contribution in [0.5, 0.6) is 0 Å². The third-order valence-electron chi connectivity index (χ3n) is 6.58. The average molecular weight is 485 g/mol. The van der Waals surface area contributed by atoms with Crippen LogP contribution in [0.2, 0.25) is 0 Å². The molecule has 4 aromatic rings. The second kappa shape index (κ2) is 10.3. The Bertz CT molecular complexity index is 1330. The van der Waals surface area contributed by atoms with Crippen LogP contribution in [0.15, 0.2) is 66.7 Å². The molecule has 5 rings (SSSR count). The smallest absolute Gasteiger partial charge is 0.228 e. The van der Waals surface area contributed by atoms with Gasteiger partial charge in [-0.15, -0.1) is 10.2 Å². The van der Waals surface area contributed by atoms with Gasteiger partial charge in [-0.05, 0) is 64.4 Å². The van der Waals surface area contributed by atoms with Gasteiger partial charge in [-0.1, -0.05) is 56.3 Å². The lowest BCUT2D eigenvalue weighted by Gasteiger charge is -2.37. The van der Waals surface area contributed by atoms with Gasteiger partial charge in [-0.25, -0.2) is 4.39 Å². The first-order chi connectivity index (χ1) is 17.5. The maximum Gasteiger partial charge on any atom is 0.228 e. The zero-order valence-corrected chi connectivity index (χ0v) is 20.4. The van der Waals surface area contributed by atoms with Crippen LogP contribution in [0.3, 0.4) is 0 Å². The van der Waals surface area contributed by atoms with Gasteiger partial charge in [0.15, 0.2) is 0 Å². The molecule has 0 spiro atoms. The van der Waals surface area contributed by atoms with E-state index in [1.807, 2.05) is 30.3 Å². The molecule has 2 N–H and O–H groups in total. The number of amides is 1. The Kier molecular flexibility index (Phi) is 6.75. The number of H-pyrrole nitrogens is 1. The van der Waals surface area contributed by atoms with Gasteiger partial charge in [0.05, 0.1) is 17.8 Å². The molecule has 1 aromatic heterocycles. The van der Waals surface area contributed by atoms with Crippen LogP contribution in [-0.2, 0) is 11.2 Å². The second-order valence-electron chi connectivity index (χ2n) is 9.72. The topological polar surface area (TPSA) is 86.8 Å². The second-order valence-corrected chi connectivity index (χ2v) is 9.72. The van der Waals surface area contributed by atoms with Gasteiger partial charge >= 0.3 is 0 Å². The van der Waals surface area contributed by atoms with E-state index in [2.05, 4.69) is 56.8 Å². The lowest BCUT2D eigenvalue weighted by Crippen LogP contribution is -2.39. The highest BCUT2D eigenvalue weighted by Crippen LogP contribution is 2.37. The molecule has 0 radical (unpaired) electrons. The summed E-state index contributed by atoms with van der Waals surface area (Å²) in [7, 11) is 0. The third kappa shape index (κ3) is 5.27. The number of hydrogen-bond acceptors (Lipinski definition) is 5. The number of benzene rings is 3. The van der Waals surface area contributed by atoms with E-state index in [9.17, 15) is 9.18 Å². The number of tetrazole rings is 1. The van der Waals surface area contributed by atoms with Crippen LogP contribution >= 0.6 is 0 Å². The highest BCUT2D eigenvalue weighted by molar-refractivity contribution is 5.97. The summed E-state index contributed by atoms with van der Waals surface area (Å²) in [6.45, 7) is 6.41. The molecule has 1 aliphatic rings. The molecule has 0 bridgehead atoms. The molecule has 2 atom stereocenters. The summed E-state index contributed by atoms with van der Waals surface area (Å²) in [5.74, 6) is 1.17. The number of hydrogen-bond donors (Lipinski definition) is 2. The van der Waals surface area contributed by atoms with Crippen molar-refractivity contribution < 1.29 is 9.18 Å². The fourth-order valence-electron chi connectivity index (χ4n) is 5.13. The molecule has 0 unspecified atom stereocenters. The van der Waals surface area contributed by atoms with Crippen LogP contribution in [0.1, 0.15) is 25.8 Å². The number of rotatable bonds is 6. The molecule has 1 amide bonds. The van der Waals surface area contributed by atoms with Gasteiger partial charge in [0.25, 0.3) is 0 Å².